The lowest BCUT2D eigenvalue weighted by molar-refractivity contribution is -0.385. The average Bonchev–Trinajstić information content (AvgIpc) is 3.18. The Morgan fingerprint density at radius 3 is 2.42 bits per heavy atom. The third kappa shape index (κ3) is 4.73. The van der Waals surface area contributed by atoms with Gasteiger partial charge in [0.05, 0.1) is 4.92 Å². The Labute approximate surface area is 194 Å². The van der Waals surface area contributed by atoms with Crippen molar-refractivity contribution in [1.82, 2.24) is 10.3 Å². The molecular weight excluding hydrogens is 440 g/mol. The van der Waals surface area contributed by atoms with Gasteiger partial charge in [-0.2, -0.15) is 0 Å². The van der Waals surface area contributed by atoms with Crippen LogP contribution in [0.15, 0.2) is 59.0 Å². The van der Waals surface area contributed by atoms with E-state index >= 15 is 0 Å². The molecule has 0 fully saturated rings. The van der Waals surface area contributed by atoms with Crippen molar-refractivity contribution >= 4 is 45.7 Å². The van der Waals surface area contributed by atoms with Crippen molar-refractivity contribution in [3.63, 3.8) is 0 Å². The zero-order chi connectivity index (χ0) is 23.7. The van der Waals surface area contributed by atoms with E-state index in [1.807, 2.05) is 32.0 Å². The molecule has 4 rings (SSSR count). The molecule has 0 saturated carbocycles. The molecule has 1 amide bonds. The van der Waals surface area contributed by atoms with E-state index in [-0.39, 0.29) is 16.4 Å². The number of amides is 1. The predicted octanol–water partition coefficient (Wildman–Crippen LogP) is 5.46. The molecule has 0 aliphatic carbocycles. The van der Waals surface area contributed by atoms with Gasteiger partial charge in [0, 0.05) is 28.4 Å². The summed E-state index contributed by atoms with van der Waals surface area (Å²) in [5, 5.41) is 16.6. The number of hydrogen-bond donors (Lipinski definition) is 2. The topological polar surface area (TPSA) is 110 Å². The van der Waals surface area contributed by atoms with Crippen LogP contribution in [0.1, 0.15) is 27.0 Å². The lowest BCUT2D eigenvalue weighted by Crippen LogP contribution is -2.34. The van der Waals surface area contributed by atoms with E-state index in [2.05, 4.69) is 21.7 Å². The third-order valence-electron chi connectivity index (χ3n) is 5.09. The highest BCUT2D eigenvalue weighted by molar-refractivity contribution is 7.80. The minimum Gasteiger partial charge on any atom is -0.436 e. The first-order valence-corrected chi connectivity index (χ1v) is 10.5. The van der Waals surface area contributed by atoms with Gasteiger partial charge in [-0.15, -0.1) is 0 Å². The average molecular weight is 461 g/mol. The van der Waals surface area contributed by atoms with E-state index in [0.29, 0.717) is 17.1 Å². The van der Waals surface area contributed by atoms with Crippen molar-refractivity contribution in [2.75, 3.05) is 5.32 Å². The van der Waals surface area contributed by atoms with Crippen molar-refractivity contribution in [2.24, 2.45) is 0 Å². The summed E-state index contributed by atoms with van der Waals surface area (Å²) >= 11 is 5.23. The van der Waals surface area contributed by atoms with Gasteiger partial charge in [0.15, 0.2) is 10.7 Å². The second kappa shape index (κ2) is 8.79. The van der Waals surface area contributed by atoms with Crippen LogP contribution in [0, 0.1) is 30.9 Å². The van der Waals surface area contributed by atoms with Crippen LogP contribution in [0.5, 0.6) is 0 Å². The molecule has 166 valence electrons. The van der Waals surface area contributed by atoms with Crippen LogP contribution < -0.4 is 10.6 Å². The zero-order valence-electron chi connectivity index (χ0n) is 18.1. The van der Waals surface area contributed by atoms with Crippen LogP contribution in [0.2, 0.25) is 0 Å². The maximum absolute atomic E-state index is 12.4. The maximum Gasteiger partial charge on any atom is 0.272 e. The molecule has 3 aromatic carbocycles. The summed E-state index contributed by atoms with van der Waals surface area (Å²) in [6, 6.07) is 15.5. The highest BCUT2D eigenvalue weighted by Crippen LogP contribution is 2.28. The Morgan fingerprint density at radius 2 is 1.76 bits per heavy atom. The standard InChI is InChI=1S/C24H20N4O4S/c1-13-10-15(3)21-19(11-13)26-23(32-21)16-4-7-18(8-5-16)25-24(33)27-22(29)17-6-9-20(28(30)31)14(2)12-17/h4-12H,1-3H3,(H2,25,27,29,33). The maximum atomic E-state index is 12.4. The molecule has 1 aromatic heterocycles. The molecule has 8 nitrogen and oxygen atoms in total. The van der Waals surface area contributed by atoms with Gasteiger partial charge >= 0.3 is 0 Å². The monoisotopic (exact) mass is 460 g/mol. The van der Waals surface area contributed by atoms with E-state index < -0.39 is 10.8 Å². The molecule has 0 aliphatic rings. The van der Waals surface area contributed by atoms with E-state index in [9.17, 15) is 14.9 Å². The van der Waals surface area contributed by atoms with E-state index in [1.54, 1.807) is 19.1 Å². The van der Waals surface area contributed by atoms with Crippen LogP contribution in [0.4, 0.5) is 11.4 Å². The van der Waals surface area contributed by atoms with E-state index in [0.717, 1.165) is 27.8 Å². The molecule has 0 unspecified atom stereocenters. The number of nitrogens with zero attached hydrogens (tertiary/aromatic N) is 2. The Balaban J connectivity index is 1.43. The minimum atomic E-state index is -0.490. The highest BCUT2D eigenvalue weighted by Gasteiger charge is 2.15. The number of aryl methyl sites for hydroxylation is 3. The van der Waals surface area contributed by atoms with E-state index in [4.69, 9.17) is 16.6 Å². The van der Waals surface area contributed by atoms with Gasteiger partial charge < -0.3 is 9.73 Å². The first-order valence-electron chi connectivity index (χ1n) is 10.1. The molecule has 0 aliphatic heterocycles. The Morgan fingerprint density at radius 1 is 1.03 bits per heavy atom. The van der Waals surface area contributed by atoms with Crippen LogP contribution in [-0.2, 0) is 0 Å². The first kappa shape index (κ1) is 22.1. The second-order valence-electron chi connectivity index (χ2n) is 7.69. The van der Waals surface area contributed by atoms with Gasteiger partial charge in [-0.1, -0.05) is 6.07 Å². The van der Waals surface area contributed by atoms with Gasteiger partial charge in [0.2, 0.25) is 5.89 Å². The van der Waals surface area contributed by atoms with Crippen molar-refractivity contribution in [3.05, 3.63) is 87.0 Å². The summed E-state index contributed by atoms with van der Waals surface area (Å²) in [5.74, 6) is 0.0638. The zero-order valence-corrected chi connectivity index (χ0v) is 18.9. The Hall–Kier alpha value is -4.11. The number of fused-ring (bicyclic) bond motifs is 1. The van der Waals surface area contributed by atoms with Crippen LogP contribution >= 0.6 is 12.2 Å². The minimum absolute atomic E-state index is 0.0448. The fourth-order valence-corrected chi connectivity index (χ4v) is 3.75. The summed E-state index contributed by atoms with van der Waals surface area (Å²) in [6.45, 7) is 5.59. The van der Waals surface area contributed by atoms with Gasteiger partial charge in [-0.05, 0) is 86.6 Å². The van der Waals surface area contributed by atoms with Crippen LogP contribution in [0.25, 0.3) is 22.6 Å². The number of thiocarbonyl (C=S) groups is 1. The smallest absolute Gasteiger partial charge is 0.272 e. The number of carbonyl (C=O) groups excluding carboxylic acids is 1. The normalized spacial score (nSPS) is 10.8. The lowest BCUT2D eigenvalue weighted by Gasteiger charge is -2.10. The molecule has 0 atom stereocenters. The number of aromatic nitrogens is 1. The summed E-state index contributed by atoms with van der Waals surface area (Å²) in [6.07, 6.45) is 0. The van der Waals surface area contributed by atoms with Gasteiger partial charge in [0.1, 0.15) is 5.52 Å². The molecule has 0 saturated heterocycles. The second-order valence-corrected chi connectivity index (χ2v) is 8.10. The van der Waals surface area contributed by atoms with Gasteiger partial charge in [0.25, 0.3) is 11.6 Å². The SMILES string of the molecule is Cc1cc(C)c2oc(-c3ccc(NC(=S)NC(=O)c4ccc([N+](=O)[O-])c(C)c4)cc3)nc2c1. The number of hydrogen-bond acceptors (Lipinski definition) is 6. The Kier molecular flexibility index (Phi) is 5.89. The summed E-state index contributed by atoms with van der Waals surface area (Å²) < 4.78 is 5.94. The molecule has 1 heterocycles. The van der Waals surface area contributed by atoms with Gasteiger partial charge in [-0.3, -0.25) is 20.2 Å². The summed E-state index contributed by atoms with van der Waals surface area (Å²) in [5.41, 5.74) is 5.85. The summed E-state index contributed by atoms with van der Waals surface area (Å²) in [7, 11) is 0. The van der Waals surface area contributed by atoms with E-state index in [1.165, 1.54) is 18.2 Å². The van der Waals surface area contributed by atoms with Crippen molar-refractivity contribution in [1.29, 1.82) is 0 Å². The van der Waals surface area contributed by atoms with Crippen LogP contribution in [-0.4, -0.2) is 20.9 Å². The van der Waals surface area contributed by atoms with Crippen molar-refractivity contribution in [3.8, 4) is 11.5 Å². The number of anilines is 1. The number of oxazole rings is 1. The largest absolute Gasteiger partial charge is 0.436 e. The quantitative estimate of drug-likeness (QED) is 0.236. The highest BCUT2D eigenvalue weighted by atomic mass is 32.1. The fourth-order valence-electron chi connectivity index (χ4n) is 3.54. The number of nitrogens with one attached hydrogen (secondary N) is 2. The first-order chi connectivity index (χ1) is 15.7. The summed E-state index contributed by atoms with van der Waals surface area (Å²) in [4.78, 5) is 27.5. The fraction of sp³-hybridized carbons (Fsp3) is 0.125. The number of carbonyl (C=O) groups is 1. The molecular formula is C24H20N4O4S. The number of benzene rings is 3. The number of rotatable bonds is 4. The Bertz CT molecular complexity index is 1410. The van der Waals surface area contributed by atoms with Gasteiger partial charge in [-0.25, -0.2) is 4.98 Å². The number of nitro groups is 1. The molecule has 4 aromatic rings. The molecule has 0 spiro atoms. The van der Waals surface area contributed by atoms with Crippen molar-refractivity contribution in [2.45, 2.75) is 20.8 Å². The third-order valence-corrected chi connectivity index (χ3v) is 5.30. The predicted molar refractivity (Wildman–Crippen MR) is 130 cm³/mol. The number of nitro benzene ring substituents is 1. The molecule has 33 heavy (non-hydrogen) atoms. The molecule has 9 heteroatoms. The molecule has 0 radical (unpaired) electrons. The molecule has 0 bridgehead atoms. The molecule has 2 N–H and O–H groups in total. The lowest BCUT2D eigenvalue weighted by atomic mass is 10.1. The van der Waals surface area contributed by atoms with Crippen molar-refractivity contribution < 1.29 is 14.1 Å². The van der Waals surface area contributed by atoms with Crippen LogP contribution in [0.3, 0.4) is 0 Å².